The van der Waals surface area contributed by atoms with Gasteiger partial charge in [-0.1, -0.05) is 12.1 Å². The molecule has 2 rings (SSSR count). The maximum atomic E-state index is 9.94. The molecule has 0 aromatic heterocycles. The zero-order valence-electron chi connectivity index (χ0n) is 16.3. The molecule has 0 radical (unpaired) electrons. The Balaban J connectivity index is 1.69. The van der Waals surface area contributed by atoms with E-state index in [9.17, 15) is 5.11 Å². The molecule has 2 aromatic carbocycles. The standard InChI is InChI=1S/C21H29N3O3/c1-22-21(24-15-17-14-19(27-3)11-12-20(17)25)23-13-5-4-6-16-7-9-18(26-2)10-8-16/h7-12,14,25H,4-6,13,15H2,1-3H3,(H2,22,23,24). The number of guanidine groups is 1. The molecule has 6 heteroatoms. The van der Waals surface area contributed by atoms with Crippen molar-refractivity contribution in [1.29, 1.82) is 0 Å². The molecule has 0 atom stereocenters. The number of methoxy groups -OCH3 is 2. The number of aliphatic imine (C=N–C) groups is 1. The largest absolute Gasteiger partial charge is 0.508 e. The highest BCUT2D eigenvalue weighted by atomic mass is 16.5. The van der Waals surface area contributed by atoms with Crippen molar-refractivity contribution in [2.75, 3.05) is 27.8 Å². The van der Waals surface area contributed by atoms with Crippen molar-refractivity contribution in [2.45, 2.75) is 25.8 Å². The molecule has 0 fully saturated rings. The van der Waals surface area contributed by atoms with Gasteiger partial charge in [-0.05, 0) is 55.2 Å². The van der Waals surface area contributed by atoms with Crippen LogP contribution < -0.4 is 20.1 Å². The lowest BCUT2D eigenvalue weighted by atomic mass is 10.1. The lowest BCUT2D eigenvalue weighted by Crippen LogP contribution is -2.37. The molecular formula is C21H29N3O3. The van der Waals surface area contributed by atoms with Crippen LogP contribution in [0.3, 0.4) is 0 Å². The Labute approximate surface area is 161 Å². The SMILES string of the molecule is CN=C(NCCCCc1ccc(OC)cc1)NCc1cc(OC)ccc1O. The minimum Gasteiger partial charge on any atom is -0.508 e. The van der Waals surface area contributed by atoms with E-state index < -0.39 is 0 Å². The van der Waals surface area contributed by atoms with Crippen LogP contribution in [0, 0.1) is 0 Å². The summed E-state index contributed by atoms with van der Waals surface area (Å²) in [4.78, 5) is 4.22. The Hall–Kier alpha value is -2.89. The summed E-state index contributed by atoms with van der Waals surface area (Å²) in [5.74, 6) is 2.54. The number of benzene rings is 2. The Bertz CT molecular complexity index is 730. The fourth-order valence-corrected chi connectivity index (χ4v) is 2.68. The molecule has 0 unspecified atom stereocenters. The molecule has 6 nitrogen and oxygen atoms in total. The smallest absolute Gasteiger partial charge is 0.191 e. The van der Waals surface area contributed by atoms with E-state index in [-0.39, 0.29) is 5.75 Å². The van der Waals surface area contributed by atoms with Gasteiger partial charge in [-0.2, -0.15) is 0 Å². The molecule has 3 N–H and O–H groups in total. The molecule has 0 amide bonds. The Kier molecular flexibility index (Phi) is 8.29. The predicted octanol–water partition coefficient (Wildman–Crippen LogP) is 3.10. The molecular weight excluding hydrogens is 342 g/mol. The highest BCUT2D eigenvalue weighted by Gasteiger charge is 2.05. The summed E-state index contributed by atoms with van der Waals surface area (Å²) in [6.07, 6.45) is 3.17. The third-order valence-electron chi connectivity index (χ3n) is 4.30. The fraction of sp³-hybridized carbons (Fsp3) is 0.381. The van der Waals surface area contributed by atoms with Crippen LogP contribution in [0.2, 0.25) is 0 Å². The van der Waals surface area contributed by atoms with Crippen molar-refractivity contribution in [3.8, 4) is 17.2 Å². The number of nitrogens with zero attached hydrogens (tertiary/aromatic N) is 1. The highest BCUT2D eigenvalue weighted by molar-refractivity contribution is 5.79. The number of nitrogens with one attached hydrogen (secondary N) is 2. The zero-order valence-corrected chi connectivity index (χ0v) is 16.3. The number of phenolic OH excluding ortho intramolecular Hbond substituents is 1. The van der Waals surface area contributed by atoms with Gasteiger partial charge < -0.3 is 25.2 Å². The number of ether oxygens (including phenoxy) is 2. The van der Waals surface area contributed by atoms with Gasteiger partial charge in [0.1, 0.15) is 17.2 Å². The van der Waals surface area contributed by atoms with Gasteiger partial charge in [0.05, 0.1) is 14.2 Å². The van der Waals surface area contributed by atoms with Gasteiger partial charge in [0.25, 0.3) is 0 Å². The third-order valence-corrected chi connectivity index (χ3v) is 4.30. The summed E-state index contributed by atoms with van der Waals surface area (Å²) in [5, 5.41) is 16.4. The number of unbranched alkanes of at least 4 members (excludes halogenated alkanes) is 1. The maximum Gasteiger partial charge on any atom is 0.191 e. The third kappa shape index (κ3) is 6.73. The first-order chi connectivity index (χ1) is 13.2. The van der Waals surface area contributed by atoms with Crippen LogP contribution in [0.15, 0.2) is 47.5 Å². The number of hydrogen-bond acceptors (Lipinski definition) is 4. The summed E-state index contributed by atoms with van der Waals surface area (Å²) in [6.45, 7) is 1.30. The molecule has 0 aliphatic rings. The zero-order chi connectivity index (χ0) is 19.5. The van der Waals surface area contributed by atoms with Crippen LogP contribution in [0.4, 0.5) is 0 Å². The summed E-state index contributed by atoms with van der Waals surface area (Å²) in [7, 11) is 5.02. The normalized spacial score (nSPS) is 11.1. The van der Waals surface area contributed by atoms with Crippen molar-refractivity contribution in [1.82, 2.24) is 10.6 Å². The molecule has 27 heavy (non-hydrogen) atoms. The summed E-state index contributed by atoms with van der Waals surface area (Å²) in [5.41, 5.74) is 2.07. The first-order valence-corrected chi connectivity index (χ1v) is 9.09. The molecule has 0 spiro atoms. The number of rotatable bonds is 9. The first-order valence-electron chi connectivity index (χ1n) is 9.09. The van der Waals surface area contributed by atoms with Gasteiger partial charge in [-0.3, -0.25) is 4.99 Å². The topological polar surface area (TPSA) is 75.1 Å². The van der Waals surface area contributed by atoms with Gasteiger partial charge in [0, 0.05) is 25.7 Å². The van der Waals surface area contributed by atoms with E-state index in [1.807, 2.05) is 18.2 Å². The van der Waals surface area contributed by atoms with Crippen LogP contribution in [-0.4, -0.2) is 38.9 Å². The Morgan fingerprint density at radius 1 is 0.963 bits per heavy atom. The van der Waals surface area contributed by atoms with Crippen LogP contribution >= 0.6 is 0 Å². The van der Waals surface area contributed by atoms with Crippen molar-refractivity contribution in [3.05, 3.63) is 53.6 Å². The van der Waals surface area contributed by atoms with E-state index in [4.69, 9.17) is 9.47 Å². The van der Waals surface area contributed by atoms with Crippen LogP contribution in [0.1, 0.15) is 24.0 Å². The second kappa shape index (κ2) is 11.0. The van der Waals surface area contributed by atoms with Crippen molar-refractivity contribution < 1.29 is 14.6 Å². The minimum atomic E-state index is 0.234. The van der Waals surface area contributed by atoms with Crippen LogP contribution in [-0.2, 0) is 13.0 Å². The van der Waals surface area contributed by atoms with Crippen LogP contribution in [0.25, 0.3) is 0 Å². The van der Waals surface area contributed by atoms with E-state index >= 15 is 0 Å². The summed E-state index contributed by atoms with van der Waals surface area (Å²) >= 11 is 0. The van der Waals surface area contributed by atoms with Gasteiger partial charge in [-0.25, -0.2) is 0 Å². The van der Waals surface area contributed by atoms with Gasteiger partial charge in [0.15, 0.2) is 5.96 Å². The maximum absolute atomic E-state index is 9.94. The van der Waals surface area contributed by atoms with E-state index in [2.05, 4.69) is 27.8 Å². The molecule has 0 saturated carbocycles. The molecule has 0 bridgehead atoms. The Morgan fingerprint density at radius 3 is 2.33 bits per heavy atom. The summed E-state index contributed by atoms with van der Waals surface area (Å²) < 4.78 is 10.4. The van der Waals surface area contributed by atoms with E-state index in [0.29, 0.717) is 18.3 Å². The predicted molar refractivity (Wildman–Crippen MR) is 109 cm³/mol. The molecule has 0 aliphatic carbocycles. The van der Waals surface area contributed by atoms with Crippen molar-refractivity contribution >= 4 is 5.96 Å². The summed E-state index contributed by atoms with van der Waals surface area (Å²) in [6, 6.07) is 13.4. The molecule has 2 aromatic rings. The lowest BCUT2D eigenvalue weighted by Gasteiger charge is -2.13. The Morgan fingerprint density at radius 2 is 1.67 bits per heavy atom. The fourth-order valence-electron chi connectivity index (χ4n) is 2.68. The van der Waals surface area contributed by atoms with E-state index in [1.165, 1.54) is 5.56 Å². The molecule has 0 saturated heterocycles. The second-order valence-corrected chi connectivity index (χ2v) is 6.15. The number of phenols is 1. The van der Waals surface area contributed by atoms with E-state index in [1.54, 1.807) is 33.4 Å². The monoisotopic (exact) mass is 371 g/mol. The van der Waals surface area contributed by atoms with Crippen molar-refractivity contribution in [3.63, 3.8) is 0 Å². The first kappa shape index (κ1) is 20.4. The number of aromatic hydroxyl groups is 1. The second-order valence-electron chi connectivity index (χ2n) is 6.15. The number of aryl methyl sites for hydroxylation is 1. The molecule has 0 heterocycles. The van der Waals surface area contributed by atoms with Gasteiger partial charge in [-0.15, -0.1) is 0 Å². The minimum absolute atomic E-state index is 0.234. The average molecular weight is 371 g/mol. The van der Waals surface area contributed by atoms with Gasteiger partial charge >= 0.3 is 0 Å². The van der Waals surface area contributed by atoms with E-state index in [0.717, 1.165) is 37.1 Å². The quantitative estimate of drug-likeness (QED) is 0.359. The van der Waals surface area contributed by atoms with Gasteiger partial charge in [0.2, 0.25) is 0 Å². The molecule has 0 aliphatic heterocycles. The highest BCUT2D eigenvalue weighted by Crippen LogP contribution is 2.22. The lowest BCUT2D eigenvalue weighted by molar-refractivity contribution is 0.410. The molecule has 146 valence electrons. The van der Waals surface area contributed by atoms with Crippen molar-refractivity contribution in [2.24, 2.45) is 4.99 Å². The number of hydrogen-bond donors (Lipinski definition) is 3. The average Bonchev–Trinajstić information content (AvgIpc) is 2.71. The van der Waals surface area contributed by atoms with Crippen LogP contribution in [0.5, 0.6) is 17.2 Å².